The highest BCUT2D eigenvalue weighted by molar-refractivity contribution is 6.05. The van der Waals surface area contributed by atoms with Gasteiger partial charge >= 0.3 is 0 Å². The van der Waals surface area contributed by atoms with E-state index in [0.29, 0.717) is 16.8 Å². The SMILES string of the molecule is Cc1ccc(C(=O)NCCC(=O)NC(C)C)cc1NC(=O)c1ccccc1. The molecule has 27 heavy (non-hydrogen) atoms. The normalized spacial score (nSPS) is 10.4. The maximum absolute atomic E-state index is 12.3. The van der Waals surface area contributed by atoms with E-state index in [1.165, 1.54) is 0 Å². The predicted octanol–water partition coefficient (Wildman–Crippen LogP) is 2.89. The van der Waals surface area contributed by atoms with Gasteiger partial charge in [-0.3, -0.25) is 14.4 Å². The first kappa shape index (κ1) is 20.2. The van der Waals surface area contributed by atoms with Gasteiger partial charge in [-0.25, -0.2) is 0 Å². The van der Waals surface area contributed by atoms with Gasteiger partial charge in [0.15, 0.2) is 0 Å². The molecule has 0 aliphatic carbocycles. The first-order valence-electron chi connectivity index (χ1n) is 8.91. The van der Waals surface area contributed by atoms with Crippen LogP contribution in [0.15, 0.2) is 48.5 Å². The molecule has 6 heteroatoms. The van der Waals surface area contributed by atoms with Crippen molar-refractivity contribution in [3.63, 3.8) is 0 Å². The van der Waals surface area contributed by atoms with Crippen molar-refractivity contribution in [3.8, 4) is 0 Å². The first-order chi connectivity index (χ1) is 12.9. The highest BCUT2D eigenvalue weighted by atomic mass is 16.2. The molecular formula is C21H25N3O3. The fourth-order valence-corrected chi connectivity index (χ4v) is 2.47. The maximum Gasteiger partial charge on any atom is 0.255 e. The van der Waals surface area contributed by atoms with E-state index in [4.69, 9.17) is 0 Å². The first-order valence-corrected chi connectivity index (χ1v) is 8.91. The molecule has 0 atom stereocenters. The van der Waals surface area contributed by atoms with E-state index < -0.39 is 0 Å². The Hall–Kier alpha value is -3.15. The Balaban J connectivity index is 1.98. The van der Waals surface area contributed by atoms with E-state index >= 15 is 0 Å². The van der Waals surface area contributed by atoms with Crippen LogP contribution in [0.4, 0.5) is 5.69 Å². The van der Waals surface area contributed by atoms with Gasteiger partial charge in [0.25, 0.3) is 11.8 Å². The molecular weight excluding hydrogens is 342 g/mol. The van der Waals surface area contributed by atoms with Crippen LogP contribution in [0.2, 0.25) is 0 Å². The van der Waals surface area contributed by atoms with Crippen molar-refractivity contribution < 1.29 is 14.4 Å². The number of benzene rings is 2. The third kappa shape index (κ3) is 6.26. The molecule has 0 aliphatic heterocycles. The van der Waals surface area contributed by atoms with Crippen molar-refractivity contribution in [2.24, 2.45) is 0 Å². The number of nitrogens with one attached hydrogen (secondary N) is 3. The summed E-state index contributed by atoms with van der Waals surface area (Å²) < 4.78 is 0. The topological polar surface area (TPSA) is 87.3 Å². The summed E-state index contributed by atoms with van der Waals surface area (Å²) in [5, 5.41) is 8.33. The number of carbonyl (C=O) groups is 3. The summed E-state index contributed by atoms with van der Waals surface area (Å²) in [4.78, 5) is 36.3. The van der Waals surface area contributed by atoms with E-state index in [-0.39, 0.29) is 36.7 Å². The largest absolute Gasteiger partial charge is 0.354 e. The Bertz CT molecular complexity index is 817. The molecule has 0 fully saturated rings. The van der Waals surface area contributed by atoms with Crippen LogP contribution in [0, 0.1) is 6.92 Å². The van der Waals surface area contributed by atoms with Gasteiger partial charge in [0, 0.05) is 35.8 Å². The minimum absolute atomic E-state index is 0.0704. The van der Waals surface area contributed by atoms with Crippen LogP contribution in [0.1, 0.15) is 46.5 Å². The molecule has 0 unspecified atom stereocenters. The van der Waals surface area contributed by atoms with Gasteiger partial charge in [0.2, 0.25) is 5.91 Å². The third-order valence-corrected chi connectivity index (χ3v) is 3.87. The standard InChI is InChI=1S/C21H25N3O3/c1-14(2)23-19(25)11-12-22-20(26)17-10-9-15(3)18(13-17)24-21(27)16-7-5-4-6-8-16/h4-10,13-14H,11-12H2,1-3H3,(H,22,26)(H,23,25)(H,24,27). The summed E-state index contributed by atoms with van der Waals surface area (Å²) in [6.07, 6.45) is 0.216. The van der Waals surface area contributed by atoms with Gasteiger partial charge in [-0.15, -0.1) is 0 Å². The van der Waals surface area contributed by atoms with Crippen molar-refractivity contribution in [1.82, 2.24) is 10.6 Å². The molecule has 0 aromatic heterocycles. The van der Waals surface area contributed by atoms with Gasteiger partial charge < -0.3 is 16.0 Å². The van der Waals surface area contributed by atoms with Crippen molar-refractivity contribution in [1.29, 1.82) is 0 Å². The van der Waals surface area contributed by atoms with E-state index in [1.54, 1.807) is 42.5 Å². The van der Waals surface area contributed by atoms with Gasteiger partial charge in [0.1, 0.15) is 0 Å². The zero-order valence-corrected chi connectivity index (χ0v) is 15.8. The second-order valence-electron chi connectivity index (χ2n) is 6.58. The van der Waals surface area contributed by atoms with E-state index in [2.05, 4.69) is 16.0 Å². The fourth-order valence-electron chi connectivity index (χ4n) is 2.47. The van der Waals surface area contributed by atoms with Crippen LogP contribution in [-0.4, -0.2) is 30.3 Å². The van der Waals surface area contributed by atoms with Gasteiger partial charge in [-0.05, 0) is 50.6 Å². The summed E-state index contributed by atoms with van der Waals surface area (Å²) in [5.74, 6) is -0.630. The molecule has 3 amide bonds. The Morgan fingerprint density at radius 2 is 1.63 bits per heavy atom. The molecule has 2 aromatic carbocycles. The van der Waals surface area contributed by atoms with E-state index in [1.807, 2.05) is 26.8 Å². The van der Waals surface area contributed by atoms with Gasteiger partial charge in [0.05, 0.1) is 0 Å². The molecule has 0 saturated heterocycles. The zero-order valence-electron chi connectivity index (χ0n) is 15.8. The molecule has 0 saturated carbocycles. The second kappa shape index (κ2) is 9.52. The van der Waals surface area contributed by atoms with Crippen LogP contribution in [-0.2, 0) is 4.79 Å². The van der Waals surface area contributed by atoms with Crippen molar-refractivity contribution in [3.05, 3.63) is 65.2 Å². The lowest BCUT2D eigenvalue weighted by atomic mass is 10.1. The number of hydrogen-bond donors (Lipinski definition) is 3. The summed E-state index contributed by atoms with van der Waals surface area (Å²) >= 11 is 0. The number of rotatable bonds is 7. The van der Waals surface area contributed by atoms with Crippen LogP contribution in [0.5, 0.6) is 0 Å². The van der Waals surface area contributed by atoms with Crippen LogP contribution in [0.25, 0.3) is 0 Å². The minimum Gasteiger partial charge on any atom is -0.354 e. The number of carbonyl (C=O) groups excluding carboxylic acids is 3. The van der Waals surface area contributed by atoms with Crippen molar-refractivity contribution in [2.45, 2.75) is 33.2 Å². The molecule has 2 aromatic rings. The lowest BCUT2D eigenvalue weighted by molar-refractivity contribution is -0.121. The van der Waals surface area contributed by atoms with Crippen molar-refractivity contribution in [2.75, 3.05) is 11.9 Å². The number of anilines is 1. The second-order valence-corrected chi connectivity index (χ2v) is 6.58. The zero-order chi connectivity index (χ0) is 19.8. The van der Waals surface area contributed by atoms with Crippen molar-refractivity contribution >= 4 is 23.4 Å². The lowest BCUT2D eigenvalue weighted by Gasteiger charge is -2.12. The van der Waals surface area contributed by atoms with Gasteiger partial charge in [-0.1, -0.05) is 24.3 Å². The Morgan fingerprint density at radius 3 is 2.30 bits per heavy atom. The lowest BCUT2D eigenvalue weighted by Crippen LogP contribution is -2.34. The van der Waals surface area contributed by atoms with Gasteiger partial charge in [-0.2, -0.15) is 0 Å². The highest BCUT2D eigenvalue weighted by Gasteiger charge is 2.12. The van der Waals surface area contributed by atoms with E-state index in [0.717, 1.165) is 5.56 Å². The molecule has 0 heterocycles. The molecule has 0 bridgehead atoms. The van der Waals surface area contributed by atoms with Crippen LogP contribution in [0.3, 0.4) is 0 Å². The van der Waals surface area contributed by atoms with E-state index in [9.17, 15) is 14.4 Å². The molecule has 6 nitrogen and oxygen atoms in total. The summed E-state index contributed by atoms with van der Waals surface area (Å²) in [6.45, 7) is 5.87. The molecule has 2 rings (SSSR count). The summed E-state index contributed by atoms with van der Waals surface area (Å²) in [5.41, 5.74) is 2.40. The summed E-state index contributed by atoms with van der Waals surface area (Å²) in [7, 11) is 0. The quantitative estimate of drug-likeness (QED) is 0.703. The number of hydrogen-bond acceptors (Lipinski definition) is 3. The third-order valence-electron chi connectivity index (χ3n) is 3.87. The average Bonchev–Trinajstić information content (AvgIpc) is 2.63. The highest BCUT2D eigenvalue weighted by Crippen LogP contribution is 2.18. The van der Waals surface area contributed by atoms with Crippen LogP contribution >= 0.6 is 0 Å². The Morgan fingerprint density at radius 1 is 0.926 bits per heavy atom. The predicted molar refractivity (Wildman–Crippen MR) is 106 cm³/mol. The smallest absolute Gasteiger partial charge is 0.255 e. The number of aryl methyl sites for hydroxylation is 1. The molecule has 0 radical (unpaired) electrons. The molecule has 142 valence electrons. The minimum atomic E-state index is -0.289. The van der Waals surface area contributed by atoms with Crippen LogP contribution < -0.4 is 16.0 Å². The maximum atomic E-state index is 12.3. The molecule has 3 N–H and O–H groups in total. The monoisotopic (exact) mass is 367 g/mol. The molecule has 0 aliphatic rings. The average molecular weight is 367 g/mol. The summed E-state index contributed by atoms with van der Waals surface area (Å²) in [6, 6.07) is 14.1. The molecule has 0 spiro atoms. The Kier molecular flexibility index (Phi) is 7.11. The number of amides is 3. The Labute approximate surface area is 159 Å². The fraction of sp³-hybridized carbons (Fsp3) is 0.286.